The van der Waals surface area contributed by atoms with Crippen molar-refractivity contribution in [3.05, 3.63) is 102 Å². The van der Waals surface area contributed by atoms with E-state index in [-0.39, 0.29) is 11.4 Å². The van der Waals surface area contributed by atoms with Gasteiger partial charge in [-0.05, 0) is 61.6 Å². The Morgan fingerprint density at radius 1 is 0.918 bits per heavy atom. The molecule has 0 saturated heterocycles. The number of hydrogen-bond donors (Lipinski definition) is 2. The smallest absolute Gasteiger partial charge is 0.433 e. The molecule has 49 heavy (non-hydrogen) atoms. The summed E-state index contributed by atoms with van der Waals surface area (Å²) in [5.41, 5.74) is 3.45. The Hall–Kier alpha value is -4.38. The molecule has 1 unspecified atom stereocenters. The van der Waals surface area contributed by atoms with E-state index in [1.165, 1.54) is 12.3 Å². The topological polar surface area (TPSA) is 101 Å². The number of carbonyl (C=O) groups is 1. The predicted octanol–water partition coefficient (Wildman–Crippen LogP) is 10.0. The van der Waals surface area contributed by atoms with Crippen molar-refractivity contribution in [3.63, 3.8) is 0 Å². The second-order valence-corrected chi connectivity index (χ2v) is 15.1. The Bertz CT molecular complexity index is 1900. The summed E-state index contributed by atoms with van der Waals surface area (Å²) < 4.78 is 45.1. The average molecular weight is 691 g/mol. The molecule has 0 radical (unpaired) electrons. The van der Waals surface area contributed by atoms with Crippen molar-refractivity contribution in [1.29, 1.82) is 0 Å². The molecule has 0 fully saturated rings. The maximum Gasteiger partial charge on any atom is 0.433 e. The van der Waals surface area contributed by atoms with Gasteiger partial charge in [-0.1, -0.05) is 65.0 Å². The summed E-state index contributed by atoms with van der Waals surface area (Å²) in [4.78, 5) is 30.1. The van der Waals surface area contributed by atoms with Gasteiger partial charge in [0.15, 0.2) is 0 Å². The van der Waals surface area contributed by atoms with Crippen LogP contribution in [0.3, 0.4) is 0 Å². The van der Waals surface area contributed by atoms with E-state index in [2.05, 4.69) is 40.7 Å². The number of aromatic amines is 1. The number of H-pyrrole nitrogens is 1. The fourth-order valence-electron chi connectivity index (χ4n) is 6.14. The third kappa shape index (κ3) is 8.09. The van der Waals surface area contributed by atoms with E-state index in [9.17, 15) is 23.1 Å². The van der Waals surface area contributed by atoms with Crippen LogP contribution in [0.1, 0.15) is 81.7 Å². The number of hydrogen-bond acceptors (Lipinski definition) is 6. The summed E-state index contributed by atoms with van der Waals surface area (Å²) in [5, 5.41) is 11.8. The quantitative estimate of drug-likeness (QED) is 0.126. The standard InChI is InChI=1S/C38H41F3N4O3S/c1-7-37(8-2,35(46)47)30(17-24-9-11-25(12-10-24)26-13-16-32(44-20-26)38(39,40)41)33-34(49-36(4,5)6)29-18-28(14-15-31(29)45-33)48-22-27-21-42-23(3)19-43-27/h9-16,18-21,30,45H,7-8,17,22H2,1-6H3,(H,46,47). The van der Waals surface area contributed by atoms with Crippen molar-refractivity contribution in [2.24, 2.45) is 5.41 Å². The summed E-state index contributed by atoms with van der Waals surface area (Å²) in [7, 11) is 0. The minimum atomic E-state index is -4.51. The zero-order valence-corrected chi connectivity index (χ0v) is 29.3. The minimum Gasteiger partial charge on any atom is -0.487 e. The monoisotopic (exact) mass is 690 g/mol. The van der Waals surface area contributed by atoms with Gasteiger partial charge in [0.1, 0.15) is 18.1 Å². The highest BCUT2D eigenvalue weighted by molar-refractivity contribution is 8.00. The lowest BCUT2D eigenvalue weighted by molar-refractivity contribution is -0.151. The van der Waals surface area contributed by atoms with Gasteiger partial charge >= 0.3 is 12.1 Å². The lowest BCUT2D eigenvalue weighted by Crippen LogP contribution is -2.38. The highest BCUT2D eigenvalue weighted by atomic mass is 32.2. The molecule has 5 rings (SSSR count). The van der Waals surface area contributed by atoms with Gasteiger partial charge in [-0.25, -0.2) is 0 Å². The van der Waals surface area contributed by atoms with Crippen LogP contribution in [-0.4, -0.2) is 35.8 Å². The number of thioether (sulfide) groups is 1. The number of rotatable bonds is 12. The van der Waals surface area contributed by atoms with Gasteiger partial charge in [-0.3, -0.25) is 19.7 Å². The molecule has 3 aromatic heterocycles. The van der Waals surface area contributed by atoms with Crippen molar-refractivity contribution in [3.8, 4) is 16.9 Å². The number of aliphatic carboxylic acids is 1. The molecule has 0 aliphatic rings. The Morgan fingerprint density at radius 2 is 1.61 bits per heavy atom. The number of fused-ring (bicyclic) bond motifs is 1. The van der Waals surface area contributed by atoms with Crippen molar-refractivity contribution in [2.45, 2.75) is 89.1 Å². The molecule has 3 heterocycles. The van der Waals surface area contributed by atoms with Gasteiger partial charge in [0.2, 0.25) is 0 Å². The summed E-state index contributed by atoms with van der Waals surface area (Å²) in [5.74, 6) is -0.622. The number of alkyl halides is 3. The Labute approximate surface area is 288 Å². The highest BCUT2D eigenvalue weighted by Crippen LogP contribution is 2.50. The number of halogens is 3. The van der Waals surface area contributed by atoms with E-state index in [1.54, 1.807) is 24.2 Å². The van der Waals surface area contributed by atoms with E-state index in [1.807, 2.05) is 63.2 Å². The van der Waals surface area contributed by atoms with E-state index < -0.39 is 29.2 Å². The second-order valence-electron chi connectivity index (χ2n) is 13.3. The van der Waals surface area contributed by atoms with Crippen LogP contribution in [0, 0.1) is 12.3 Å². The van der Waals surface area contributed by atoms with E-state index >= 15 is 0 Å². The Morgan fingerprint density at radius 3 is 2.16 bits per heavy atom. The first-order valence-corrected chi connectivity index (χ1v) is 17.1. The summed E-state index contributed by atoms with van der Waals surface area (Å²) >= 11 is 1.69. The normalized spacial score (nSPS) is 13.1. The van der Waals surface area contributed by atoms with Crippen molar-refractivity contribution < 1.29 is 27.8 Å². The fraction of sp³-hybridized carbons (Fsp3) is 0.368. The predicted molar refractivity (Wildman–Crippen MR) is 187 cm³/mol. The average Bonchev–Trinajstić information content (AvgIpc) is 3.40. The van der Waals surface area contributed by atoms with Gasteiger partial charge in [0, 0.05) is 50.1 Å². The minimum absolute atomic E-state index is 0.190. The second kappa shape index (κ2) is 14.2. The van der Waals surface area contributed by atoms with Crippen LogP contribution in [0.5, 0.6) is 5.75 Å². The molecular formula is C38H41F3N4O3S. The SMILES string of the molecule is CCC(CC)(C(=O)O)C(Cc1ccc(-c2ccc(C(F)(F)F)nc2)cc1)c1[nH]c2ccc(OCc3cnc(C)cn3)cc2c1SC(C)(C)C. The molecule has 0 bridgehead atoms. The molecule has 0 saturated carbocycles. The number of ether oxygens (including phenoxy) is 1. The van der Waals surface area contributed by atoms with Gasteiger partial charge in [0.05, 0.1) is 23.0 Å². The van der Waals surface area contributed by atoms with Crippen molar-refractivity contribution >= 4 is 28.6 Å². The number of carboxylic acids is 1. The zero-order valence-electron chi connectivity index (χ0n) is 28.5. The molecule has 0 aliphatic heterocycles. The Kier molecular flexibility index (Phi) is 10.4. The molecule has 0 aliphatic carbocycles. The number of aryl methyl sites for hydroxylation is 1. The molecule has 7 nitrogen and oxygen atoms in total. The van der Waals surface area contributed by atoms with E-state index in [0.29, 0.717) is 36.3 Å². The summed E-state index contributed by atoms with van der Waals surface area (Å²) in [6.07, 6.45) is 1.37. The number of nitrogens with one attached hydrogen (secondary N) is 1. The fourth-order valence-corrected chi connectivity index (χ4v) is 7.33. The number of nitrogens with zero attached hydrogens (tertiary/aromatic N) is 3. The molecule has 0 amide bonds. The molecule has 2 aromatic carbocycles. The Balaban J connectivity index is 1.55. The van der Waals surface area contributed by atoms with Crippen LogP contribution in [0.25, 0.3) is 22.0 Å². The van der Waals surface area contributed by atoms with Crippen LogP contribution < -0.4 is 4.74 Å². The van der Waals surface area contributed by atoms with Crippen LogP contribution in [0.4, 0.5) is 13.2 Å². The van der Waals surface area contributed by atoms with Crippen molar-refractivity contribution in [2.75, 3.05) is 0 Å². The number of carboxylic acid groups (broad SMARTS) is 1. The largest absolute Gasteiger partial charge is 0.487 e. The highest BCUT2D eigenvalue weighted by Gasteiger charge is 2.45. The first-order chi connectivity index (χ1) is 23.1. The van der Waals surface area contributed by atoms with Crippen LogP contribution in [-0.2, 0) is 24.0 Å². The lowest BCUT2D eigenvalue weighted by Gasteiger charge is -2.36. The molecule has 258 valence electrons. The van der Waals surface area contributed by atoms with Crippen LogP contribution in [0.2, 0.25) is 0 Å². The maximum absolute atomic E-state index is 13.2. The van der Waals surface area contributed by atoms with Gasteiger partial charge in [-0.15, -0.1) is 11.8 Å². The maximum atomic E-state index is 13.2. The molecular weight excluding hydrogens is 650 g/mol. The third-order valence-electron chi connectivity index (χ3n) is 8.86. The summed E-state index contributed by atoms with van der Waals surface area (Å²) in [6, 6.07) is 15.7. The molecule has 11 heteroatoms. The molecule has 1 atom stereocenters. The van der Waals surface area contributed by atoms with E-state index in [4.69, 9.17) is 4.74 Å². The first-order valence-electron chi connectivity index (χ1n) is 16.2. The van der Waals surface area contributed by atoms with Crippen LogP contribution in [0.15, 0.2) is 78.1 Å². The number of aromatic nitrogens is 4. The van der Waals surface area contributed by atoms with Crippen LogP contribution >= 0.6 is 11.8 Å². The van der Waals surface area contributed by atoms with E-state index in [0.717, 1.165) is 44.4 Å². The third-order valence-corrected chi connectivity index (χ3v) is 10.1. The molecule has 0 spiro atoms. The summed E-state index contributed by atoms with van der Waals surface area (Å²) in [6.45, 7) is 12.4. The van der Waals surface area contributed by atoms with Gasteiger partial charge in [-0.2, -0.15) is 13.2 Å². The lowest BCUT2D eigenvalue weighted by atomic mass is 9.67. The van der Waals surface area contributed by atoms with Gasteiger partial charge in [0.25, 0.3) is 0 Å². The molecule has 5 aromatic rings. The zero-order chi connectivity index (χ0) is 35.6. The first kappa shape index (κ1) is 35.9. The number of pyridine rings is 1. The van der Waals surface area contributed by atoms with Crippen molar-refractivity contribution in [1.82, 2.24) is 19.9 Å². The molecule has 2 N–H and O–H groups in total. The number of benzene rings is 2. The van der Waals surface area contributed by atoms with Gasteiger partial charge < -0.3 is 14.8 Å².